The predicted octanol–water partition coefficient (Wildman–Crippen LogP) is 5.19. The van der Waals surface area contributed by atoms with Gasteiger partial charge in [-0.05, 0) is 66.7 Å². The van der Waals surface area contributed by atoms with E-state index < -0.39 is 17.8 Å². The van der Waals surface area contributed by atoms with E-state index in [4.69, 9.17) is 35.0 Å². The largest absolute Gasteiger partial charge is 0.493 e. The second-order valence-electron chi connectivity index (χ2n) is 8.19. The van der Waals surface area contributed by atoms with Gasteiger partial charge in [-0.2, -0.15) is 5.10 Å². The summed E-state index contributed by atoms with van der Waals surface area (Å²) in [4.78, 5) is 37.6. The highest BCUT2D eigenvalue weighted by Gasteiger charge is 2.19. The van der Waals surface area contributed by atoms with Gasteiger partial charge in [0.2, 0.25) is 5.75 Å². The first-order valence-corrected chi connectivity index (χ1v) is 12.3. The van der Waals surface area contributed by atoms with Gasteiger partial charge in [-0.1, -0.05) is 11.6 Å². The summed E-state index contributed by atoms with van der Waals surface area (Å²) in [5.41, 5.74) is 3.64. The Labute approximate surface area is 239 Å². The minimum atomic E-state index is -0.704. The molecule has 4 aromatic rings. The number of hydrazone groups is 1. The number of benzene rings is 3. The van der Waals surface area contributed by atoms with Gasteiger partial charge in [0.25, 0.3) is 11.8 Å². The molecule has 2 amide bonds. The monoisotopic (exact) mass is 577 g/mol. The van der Waals surface area contributed by atoms with Gasteiger partial charge in [0, 0.05) is 21.8 Å². The zero-order chi connectivity index (χ0) is 29.4. The smallest absolute Gasteiger partial charge is 0.343 e. The molecule has 1 heterocycles. The molecule has 0 aliphatic carbocycles. The molecule has 0 bridgehead atoms. The van der Waals surface area contributed by atoms with Crippen molar-refractivity contribution in [3.05, 3.63) is 100 Å². The second kappa shape index (κ2) is 13.2. The van der Waals surface area contributed by atoms with Crippen molar-refractivity contribution in [1.29, 1.82) is 0 Å². The number of nitrogens with one attached hydrogen (secondary N) is 2. The molecule has 210 valence electrons. The van der Waals surface area contributed by atoms with E-state index in [1.807, 2.05) is 0 Å². The van der Waals surface area contributed by atoms with Gasteiger partial charge in [0.15, 0.2) is 17.3 Å². The quantitative estimate of drug-likeness (QED) is 0.114. The van der Waals surface area contributed by atoms with Crippen molar-refractivity contribution in [3.8, 4) is 23.0 Å². The fourth-order valence-corrected chi connectivity index (χ4v) is 3.78. The van der Waals surface area contributed by atoms with Crippen LogP contribution in [-0.4, -0.2) is 45.3 Å². The number of ether oxygens (including phenoxy) is 4. The number of hydrogen-bond acceptors (Lipinski definition) is 9. The molecule has 1 aromatic heterocycles. The summed E-state index contributed by atoms with van der Waals surface area (Å²) in [5.74, 6) is -0.430. The lowest BCUT2D eigenvalue weighted by Crippen LogP contribution is -2.18. The van der Waals surface area contributed by atoms with Crippen LogP contribution in [0.5, 0.6) is 23.0 Å². The Morgan fingerprint density at radius 1 is 0.829 bits per heavy atom. The van der Waals surface area contributed by atoms with Crippen LogP contribution < -0.4 is 29.7 Å². The first-order valence-electron chi connectivity index (χ1n) is 11.9. The normalized spacial score (nSPS) is 10.6. The van der Waals surface area contributed by atoms with Crippen LogP contribution in [0.15, 0.2) is 82.5 Å². The summed E-state index contributed by atoms with van der Waals surface area (Å²) in [6.45, 7) is 0. The van der Waals surface area contributed by atoms with Crippen LogP contribution in [-0.2, 0) is 0 Å². The Balaban J connectivity index is 1.44. The first kappa shape index (κ1) is 28.7. The molecule has 0 aliphatic rings. The molecule has 2 N–H and O–H groups in total. The third-order valence-electron chi connectivity index (χ3n) is 5.59. The van der Waals surface area contributed by atoms with E-state index in [9.17, 15) is 14.4 Å². The molecular formula is C29H24ClN3O8. The van der Waals surface area contributed by atoms with Gasteiger partial charge < -0.3 is 28.7 Å². The van der Waals surface area contributed by atoms with Gasteiger partial charge in [-0.3, -0.25) is 9.59 Å². The number of esters is 1. The molecule has 11 nitrogen and oxygen atoms in total. The van der Waals surface area contributed by atoms with Crippen LogP contribution in [0.1, 0.15) is 36.8 Å². The van der Waals surface area contributed by atoms with E-state index in [1.54, 1.807) is 24.3 Å². The minimum Gasteiger partial charge on any atom is -0.493 e. The SMILES string of the molecule is COc1cc(C(=O)Oc2ccc(Cl)cc2/C=N/NC(=O)c2ccc(NC(=O)c3ccco3)cc2)cc(OC)c1OC. The number of rotatable bonds is 10. The average Bonchev–Trinajstić information content (AvgIpc) is 3.53. The van der Waals surface area contributed by atoms with Crippen LogP contribution in [0.4, 0.5) is 5.69 Å². The molecule has 0 unspecified atom stereocenters. The summed E-state index contributed by atoms with van der Waals surface area (Å²) in [6.07, 6.45) is 2.69. The lowest BCUT2D eigenvalue weighted by molar-refractivity contribution is 0.0733. The molecule has 12 heteroatoms. The van der Waals surface area contributed by atoms with E-state index in [1.165, 1.54) is 76.3 Å². The molecular weight excluding hydrogens is 554 g/mol. The molecule has 0 radical (unpaired) electrons. The maximum Gasteiger partial charge on any atom is 0.343 e. The molecule has 4 rings (SSSR count). The summed E-state index contributed by atoms with van der Waals surface area (Å²) in [7, 11) is 4.32. The van der Waals surface area contributed by atoms with Crippen LogP contribution in [0.2, 0.25) is 5.02 Å². The summed E-state index contributed by atoms with van der Waals surface area (Å²) in [6, 6.07) is 16.8. The van der Waals surface area contributed by atoms with E-state index >= 15 is 0 Å². The lowest BCUT2D eigenvalue weighted by Gasteiger charge is -2.14. The van der Waals surface area contributed by atoms with E-state index in [2.05, 4.69) is 15.8 Å². The summed E-state index contributed by atoms with van der Waals surface area (Å²) >= 11 is 6.13. The van der Waals surface area contributed by atoms with E-state index in [0.717, 1.165) is 0 Å². The van der Waals surface area contributed by atoms with Crippen molar-refractivity contribution in [1.82, 2.24) is 5.43 Å². The Bertz CT molecular complexity index is 1560. The first-order chi connectivity index (χ1) is 19.8. The predicted molar refractivity (Wildman–Crippen MR) is 151 cm³/mol. The number of amides is 2. The van der Waals surface area contributed by atoms with Gasteiger partial charge >= 0.3 is 5.97 Å². The standard InChI is InChI=1S/C29H24ClN3O8/c1-37-24-14-18(15-25(38-2)26(24)39-3)29(36)41-22-11-8-20(30)13-19(22)16-31-33-27(34)17-6-9-21(10-7-17)32-28(35)23-5-4-12-40-23/h4-16H,1-3H3,(H,32,35)(H,33,34)/b31-16+. The Kier molecular flexibility index (Phi) is 9.23. The van der Waals surface area contributed by atoms with Crippen LogP contribution in [0.25, 0.3) is 0 Å². The highest BCUT2D eigenvalue weighted by molar-refractivity contribution is 6.31. The summed E-state index contributed by atoms with van der Waals surface area (Å²) in [5, 5.41) is 6.99. The fourth-order valence-electron chi connectivity index (χ4n) is 3.60. The third-order valence-corrected chi connectivity index (χ3v) is 5.83. The molecule has 0 saturated heterocycles. The number of furan rings is 1. The number of hydrogen-bond donors (Lipinski definition) is 2. The second-order valence-corrected chi connectivity index (χ2v) is 8.63. The molecule has 0 atom stereocenters. The lowest BCUT2D eigenvalue weighted by atomic mass is 10.1. The van der Waals surface area contributed by atoms with Gasteiger partial charge in [-0.15, -0.1) is 0 Å². The fraction of sp³-hybridized carbons (Fsp3) is 0.103. The Hall–Kier alpha value is -5.29. The molecule has 3 aromatic carbocycles. The average molecular weight is 578 g/mol. The zero-order valence-corrected chi connectivity index (χ0v) is 22.9. The number of carbonyl (C=O) groups is 3. The van der Waals surface area contributed by atoms with Crippen molar-refractivity contribution in [2.45, 2.75) is 0 Å². The van der Waals surface area contributed by atoms with Crippen LogP contribution in [0.3, 0.4) is 0 Å². The Morgan fingerprint density at radius 2 is 1.54 bits per heavy atom. The van der Waals surface area contributed by atoms with Gasteiger partial charge in [-0.25, -0.2) is 10.2 Å². The highest BCUT2D eigenvalue weighted by atomic mass is 35.5. The van der Waals surface area contributed by atoms with Gasteiger partial charge in [0.05, 0.1) is 39.4 Å². The van der Waals surface area contributed by atoms with Crippen molar-refractivity contribution in [3.63, 3.8) is 0 Å². The van der Waals surface area contributed by atoms with Crippen LogP contribution >= 0.6 is 11.6 Å². The maximum absolute atomic E-state index is 13.0. The molecule has 0 saturated carbocycles. The molecule has 0 aliphatic heterocycles. The third kappa shape index (κ3) is 7.02. The van der Waals surface area contributed by atoms with Crippen molar-refractivity contribution >= 4 is 41.3 Å². The van der Waals surface area contributed by atoms with Crippen molar-refractivity contribution < 1.29 is 37.7 Å². The molecule has 0 spiro atoms. The Morgan fingerprint density at radius 3 is 2.15 bits per heavy atom. The van der Waals surface area contributed by atoms with Crippen molar-refractivity contribution in [2.75, 3.05) is 26.6 Å². The number of anilines is 1. The number of nitrogens with zero attached hydrogens (tertiary/aromatic N) is 1. The zero-order valence-electron chi connectivity index (χ0n) is 22.1. The minimum absolute atomic E-state index is 0.141. The van der Waals surface area contributed by atoms with E-state index in [0.29, 0.717) is 27.6 Å². The maximum atomic E-state index is 13.0. The number of methoxy groups -OCH3 is 3. The van der Waals surface area contributed by atoms with Crippen molar-refractivity contribution in [2.24, 2.45) is 5.10 Å². The van der Waals surface area contributed by atoms with Crippen LogP contribution in [0, 0.1) is 0 Å². The molecule has 0 fully saturated rings. The summed E-state index contributed by atoms with van der Waals surface area (Å²) < 4.78 is 26.5. The molecule has 41 heavy (non-hydrogen) atoms. The number of carbonyl (C=O) groups excluding carboxylic acids is 3. The number of halogens is 1. The highest BCUT2D eigenvalue weighted by Crippen LogP contribution is 2.38. The van der Waals surface area contributed by atoms with E-state index in [-0.39, 0.29) is 28.6 Å². The topological polar surface area (TPSA) is 138 Å². The van der Waals surface area contributed by atoms with Gasteiger partial charge in [0.1, 0.15) is 5.75 Å².